The molecule has 0 fully saturated rings. The molecule has 3 unspecified atom stereocenters. The number of hydrogen-bond acceptors (Lipinski definition) is 5. The topological polar surface area (TPSA) is 124 Å². The molecule has 22 heavy (non-hydrogen) atoms. The zero-order valence-electron chi connectivity index (χ0n) is 12.9. The monoisotopic (exact) mass is 335 g/mol. The molecule has 7 nitrogen and oxygen atoms in total. The number of aliphatic hydroxyl groups is 1. The lowest BCUT2D eigenvalue weighted by atomic mass is 10.1. The van der Waals surface area contributed by atoms with Gasteiger partial charge in [-0.25, -0.2) is 4.79 Å². The highest BCUT2D eigenvalue weighted by Crippen LogP contribution is 2.23. The molecule has 0 saturated carbocycles. The molecular weight excluding hydrogens is 310 g/mol. The number of nitrogens with one attached hydrogen (secondary N) is 1. The molecule has 0 aliphatic carbocycles. The van der Waals surface area contributed by atoms with Gasteiger partial charge in [0.1, 0.15) is 6.04 Å². The zero-order chi connectivity index (χ0) is 17.1. The van der Waals surface area contributed by atoms with Gasteiger partial charge in [0, 0.05) is 17.9 Å². The van der Waals surface area contributed by atoms with Crippen LogP contribution in [0.5, 0.6) is 0 Å². The number of carboxylic acid groups (broad SMARTS) is 2. The van der Waals surface area contributed by atoms with Crippen LogP contribution >= 0.6 is 11.8 Å². The standard InChI is InChI=1S/C14H25NO6S/c1-3-4-5-6-11(17)12(7-13(18)19)22-8-10(14(20)21)15-9(2)16/h10-12,17H,3-8H2,1-2H3,(H,15,16)(H,18,19)(H,20,21). The zero-order valence-corrected chi connectivity index (χ0v) is 13.8. The molecule has 4 N–H and O–H groups in total. The van der Waals surface area contributed by atoms with E-state index in [9.17, 15) is 19.5 Å². The largest absolute Gasteiger partial charge is 0.481 e. The van der Waals surface area contributed by atoms with E-state index >= 15 is 0 Å². The van der Waals surface area contributed by atoms with Gasteiger partial charge in [-0.3, -0.25) is 9.59 Å². The number of carboxylic acids is 2. The molecule has 128 valence electrons. The van der Waals surface area contributed by atoms with Crippen molar-refractivity contribution >= 4 is 29.6 Å². The minimum Gasteiger partial charge on any atom is -0.481 e. The van der Waals surface area contributed by atoms with Crippen LogP contribution in [0.2, 0.25) is 0 Å². The molecule has 0 heterocycles. The van der Waals surface area contributed by atoms with Crippen molar-refractivity contribution in [2.75, 3.05) is 5.75 Å². The average Bonchev–Trinajstić information content (AvgIpc) is 2.40. The molecular formula is C14H25NO6S. The van der Waals surface area contributed by atoms with Crippen molar-refractivity contribution in [3.05, 3.63) is 0 Å². The second kappa shape index (κ2) is 11.3. The number of aliphatic carboxylic acids is 2. The molecule has 0 aromatic heterocycles. The minimum atomic E-state index is -1.18. The first-order chi connectivity index (χ1) is 10.3. The van der Waals surface area contributed by atoms with Crippen LogP contribution in [0.3, 0.4) is 0 Å². The summed E-state index contributed by atoms with van der Waals surface area (Å²) in [6, 6.07) is -1.10. The molecule has 0 radical (unpaired) electrons. The number of carbonyl (C=O) groups excluding carboxylic acids is 1. The lowest BCUT2D eigenvalue weighted by molar-refractivity contribution is -0.140. The van der Waals surface area contributed by atoms with Crippen molar-refractivity contribution in [2.45, 2.75) is 63.3 Å². The van der Waals surface area contributed by atoms with Crippen LogP contribution in [0.25, 0.3) is 0 Å². The van der Waals surface area contributed by atoms with E-state index in [0.717, 1.165) is 31.0 Å². The van der Waals surface area contributed by atoms with Gasteiger partial charge in [0.25, 0.3) is 0 Å². The number of unbranched alkanes of at least 4 members (excludes halogenated alkanes) is 2. The summed E-state index contributed by atoms with van der Waals surface area (Å²) in [6.07, 6.45) is 2.17. The maximum Gasteiger partial charge on any atom is 0.327 e. The third-order valence-electron chi connectivity index (χ3n) is 3.06. The summed E-state index contributed by atoms with van der Waals surface area (Å²) in [7, 11) is 0. The van der Waals surface area contributed by atoms with E-state index in [-0.39, 0.29) is 12.2 Å². The van der Waals surface area contributed by atoms with Crippen LogP contribution in [0.15, 0.2) is 0 Å². The van der Waals surface area contributed by atoms with Crippen molar-refractivity contribution in [1.82, 2.24) is 5.32 Å². The molecule has 8 heteroatoms. The Labute approximate surface area is 134 Å². The smallest absolute Gasteiger partial charge is 0.327 e. The lowest BCUT2D eigenvalue weighted by Crippen LogP contribution is -2.42. The Balaban J connectivity index is 4.58. The van der Waals surface area contributed by atoms with E-state index < -0.39 is 35.2 Å². The molecule has 3 atom stereocenters. The number of amides is 1. The van der Waals surface area contributed by atoms with Gasteiger partial charge >= 0.3 is 11.9 Å². The fourth-order valence-electron chi connectivity index (χ4n) is 1.91. The summed E-state index contributed by atoms with van der Waals surface area (Å²) >= 11 is 1.07. The van der Waals surface area contributed by atoms with E-state index in [1.165, 1.54) is 6.92 Å². The Hall–Kier alpha value is -1.28. The van der Waals surface area contributed by atoms with Crippen LogP contribution in [0.4, 0.5) is 0 Å². The van der Waals surface area contributed by atoms with Crippen molar-refractivity contribution in [2.24, 2.45) is 0 Å². The Morgan fingerprint density at radius 3 is 2.27 bits per heavy atom. The van der Waals surface area contributed by atoms with E-state index in [1.54, 1.807) is 0 Å². The number of carbonyl (C=O) groups is 3. The van der Waals surface area contributed by atoms with Gasteiger partial charge < -0.3 is 20.6 Å². The highest BCUT2D eigenvalue weighted by Gasteiger charge is 2.26. The summed E-state index contributed by atoms with van der Waals surface area (Å²) in [5.41, 5.74) is 0. The highest BCUT2D eigenvalue weighted by atomic mass is 32.2. The van der Waals surface area contributed by atoms with Gasteiger partial charge in [-0.1, -0.05) is 26.2 Å². The third-order valence-corrected chi connectivity index (χ3v) is 4.50. The number of hydrogen-bond donors (Lipinski definition) is 4. The second-order valence-corrected chi connectivity index (χ2v) is 6.40. The quantitative estimate of drug-likeness (QED) is 0.394. The summed E-state index contributed by atoms with van der Waals surface area (Å²) in [5, 5.41) is 29.7. The summed E-state index contributed by atoms with van der Waals surface area (Å²) < 4.78 is 0. The van der Waals surface area contributed by atoms with Gasteiger partial charge in [0.15, 0.2) is 0 Å². The first kappa shape index (κ1) is 20.7. The minimum absolute atomic E-state index is 0.0116. The van der Waals surface area contributed by atoms with Gasteiger partial charge in [-0.15, -0.1) is 0 Å². The normalized spacial score (nSPS) is 14.9. The average molecular weight is 335 g/mol. The van der Waals surface area contributed by atoms with E-state index in [1.807, 2.05) is 6.92 Å². The Morgan fingerprint density at radius 1 is 1.18 bits per heavy atom. The predicted molar refractivity (Wildman–Crippen MR) is 83.9 cm³/mol. The van der Waals surface area contributed by atoms with Gasteiger partial charge in [0.2, 0.25) is 5.91 Å². The molecule has 0 aliphatic rings. The first-order valence-corrected chi connectivity index (χ1v) is 8.34. The van der Waals surface area contributed by atoms with Crippen molar-refractivity contribution < 1.29 is 29.7 Å². The number of rotatable bonds is 12. The van der Waals surface area contributed by atoms with Crippen molar-refractivity contribution in [3.8, 4) is 0 Å². The maximum atomic E-state index is 11.0. The Kier molecular flexibility index (Phi) is 10.7. The summed E-state index contributed by atoms with van der Waals surface area (Å²) in [6.45, 7) is 3.25. The molecule has 0 saturated heterocycles. The number of thioether (sulfide) groups is 1. The highest BCUT2D eigenvalue weighted by molar-refractivity contribution is 8.00. The lowest BCUT2D eigenvalue weighted by Gasteiger charge is -2.23. The van der Waals surface area contributed by atoms with Crippen LogP contribution in [0, 0.1) is 0 Å². The molecule has 0 rings (SSSR count). The van der Waals surface area contributed by atoms with Crippen molar-refractivity contribution in [3.63, 3.8) is 0 Å². The van der Waals surface area contributed by atoms with Crippen LogP contribution in [-0.4, -0.2) is 56.3 Å². The third kappa shape index (κ3) is 9.62. The Morgan fingerprint density at radius 2 is 1.82 bits per heavy atom. The summed E-state index contributed by atoms with van der Waals surface area (Å²) in [4.78, 5) is 32.9. The van der Waals surface area contributed by atoms with Gasteiger partial charge in [-0.2, -0.15) is 11.8 Å². The SMILES string of the molecule is CCCCCC(O)C(CC(=O)O)SCC(NC(C)=O)C(=O)O. The van der Waals surface area contributed by atoms with Crippen LogP contribution in [0.1, 0.15) is 46.0 Å². The second-order valence-electron chi connectivity index (χ2n) is 5.12. The molecule has 0 aliphatic heterocycles. The fraction of sp³-hybridized carbons (Fsp3) is 0.786. The fourth-order valence-corrected chi connectivity index (χ4v) is 3.19. The maximum absolute atomic E-state index is 11.0. The van der Waals surface area contributed by atoms with E-state index in [4.69, 9.17) is 10.2 Å². The molecule has 0 bridgehead atoms. The molecule has 0 spiro atoms. The van der Waals surface area contributed by atoms with E-state index in [0.29, 0.717) is 6.42 Å². The number of aliphatic hydroxyl groups excluding tert-OH is 1. The van der Waals surface area contributed by atoms with Crippen LogP contribution < -0.4 is 5.32 Å². The van der Waals surface area contributed by atoms with Crippen molar-refractivity contribution in [1.29, 1.82) is 0 Å². The Bertz CT molecular complexity index is 376. The predicted octanol–water partition coefficient (Wildman–Crippen LogP) is 1.09. The van der Waals surface area contributed by atoms with Gasteiger partial charge in [0.05, 0.1) is 12.5 Å². The van der Waals surface area contributed by atoms with Crippen LogP contribution in [-0.2, 0) is 14.4 Å². The summed E-state index contributed by atoms with van der Waals surface area (Å²) in [5.74, 6) is -2.68. The molecule has 1 amide bonds. The molecule has 0 aromatic carbocycles. The first-order valence-electron chi connectivity index (χ1n) is 7.29. The van der Waals surface area contributed by atoms with E-state index in [2.05, 4.69) is 5.32 Å². The molecule has 0 aromatic rings. The van der Waals surface area contributed by atoms with Gasteiger partial charge in [-0.05, 0) is 6.42 Å².